The third-order valence-electron chi connectivity index (χ3n) is 3.44. The number of hydrogen-bond acceptors (Lipinski definition) is 5. The lowest BCUT2D eigenvalue weighted by Gasteiger charge is -2.10. The van der Waals surface area contributed by atoms with Gasteiger partial charge in [-0.15, -0.1) is 0 Å². The Kier molecular flexibility index (Phi) is 5.16. The van der Waals surface area contributed by atoms with Crippen molar-refractivity contribution in [2.24, 2.45) is 0 Å². The number of carboxylic acids is 1. The average molecular weight is 371 g/mol. The molecule has 2 aromatic rings. The van der Waals surface area contributed by atoms with Crippen LogP contribution in [-0.4, -0.2) is 21.3 Å². The summed E-state index contributed by atoms with van der Waals surface area (Å²) in [6, 6.07) is 13.9. The fourth-order valence-electron chi connectivity index (χ4n) is 2.20. The van der Waals surface area contributed by atoms with Gasteiger partial charge in [0.25, 0.3) is 5.91 Å². The molecule has 0 unspecified atom stereocenters. The third-order valence-corrected chi connectivity index (χ3v) is 4.61. The zero-order chi connectivity index (χ0) is 17.8. The molecular formula is C18H13NO4S2. The number of ether oxygens (including phenoxy) is 1. The van der Waals surface area contributed by atoms with Crippen molar-refractivity contribution in [1.29, 1.82) is 0 Å². The molecule has 1 amide bonds. The topological polar surface area (TPSA) is 75.6 Å². The van der Waals surface area contributed by atoms with Crippen LogP contribution in [0.15, 0.2) is 53.4 Å². The number of carbonyl (C=O) groups excluding carboxylic acids is 1. The highest BCUT2D eigenvalue weighted by Gasteiger charge is 2.22. The second-order valence-electron chi connectivity index (χ2n) is 5.18. The molecule has 2 N–H and O–H groups in total. The summed E-state index contributed by atoms with van der Waals surface area (Å²) in [6.45, 7) is 0.290. The van der Waals surface area contributed by atoms with Crippen LogP contribution in [0.4, 0.5) is 0 Å². The highest BCUT2D eigenvalue weighted by Crippen LogP contribution is 2.29. The van der Waals surface area contributed by atoms with Gasteiger partial charge in [-0.3, -0.25) is 4.79 Å². The minimum atomic E-state index is -0.963. The molecule has 0 radical (unpaired) electrons. The number of aromatic carboxylic acids is 1. The van der Waals surface area contributed by atoms with Crippen LogP contribution in [0, 0.1) is 0 Å². The van der Waals surface area contributed by atoms with Crippen molar-refractivity contribution in [2.75, 3.05) is 0 Å². The van der Waals surface area contributed by atoms with Gasteiger partial charge in [0.15, 0.2) is 0 Å². The fourth-order valence-corrected chi connectivity index (χ4v) is 3.23. The molecule has 1 aliphatic rings. The third kappa shape index (κ3) is 4.26. The Labute approximate surface area is 153 Å². The Morgan fingerprint density at radius 2 is 1.92 bits per heavy atom. The number of rotatable bonds is 5. The number of carboxylic acid groups (broad SMARTS) is 1. The lowest BCUT2D eigenvalue weighted by Crippen LogP contribution is -2.17. The zero-order valence-electron chi connectivity index (χ0n) is 12.9. The molecule has 7 heteroatoms. The molecule has 25 heavy (non-hydrogen) atoms. The minimum absolute atomic E-state index is 0.214. The maximum absolute atomic E-state index is 11.8. The van der Waals surface area contributed by atoms with Crippen LogP contribution in [-0.2, 0) is 11.4 Å². The first-order valence-electron chi connectivity index (χ1n) is 7.32. The molecule has 2 aromatic carbocycles. The normalized spacial score (nSPS) is 15.3. The summed E-state index contributed by atoms with van der Waals surface area (Å²) in [5.74, 6) is -0.549. The van der Waals surface area contributed by atoms with E-state index in [0.29, 0.717) is 15.0 Å². The van der Waals surface area contributed by atoms with E-state index in [0.717, 1.165) is 11.1 Å². The molecule has 0 saturated carbocycles. The van der Waals surface area contributed by atoms with Crippen molar-refractivity contribution in [3.63, 3.8) is 0 Å². The lowest BCUT2D eigenvalue weighted by atomic mass is 10.1. The van der Waals surface area contributed by atoms with Crippen LogP contribution in [0.5, 0.6) is 5.75 Å². The Morgan fingerprint density at radius 3 is 2.56 bits per heavy atom. The molecule has 5 nitrogen and oxygen atoms in total. The van der Waals surface area contributed by atoms with E-state index in [1.54, 1.807) is 18.2 Å². The van der Waals surface area contributed by atoms with E-state index < -0.39 is 5.97 Å². The number of carbonyl (C=O) groups is 2. The number of para-hydroxylation sites is 1. The van der Waals surface area contributed by atoms with Gasteiger partial charge in [-0.1, -0.05) is 54.3 Å². The van der Waals surface area contributed by atoms with E-state index in [1.807, 2.05) is 24.3 Å². The maximum Gasteiger partial charge on any atom is 0.335 e. The van der Waals surface area contributed by atoms with E-state index in [-0.39, 0.29) is 18.1 Å². The highest BCUT2D eigenvalue weighted by molar-refractivity contribution is 8.26. The van der Waals surface area contributed by atoms with E-state index in [1.165, 1.54) is 23.9 Å². The highest BCUT2D eigenvalue weighted by atomic mass is 32.2. The van der Waals surface area contributed by atoms with Crippen LogP contribution in [0.1, 0.15) is 21.5 Å². The number of amides is 1. The van der Waals surface area contributed by atoms with E-state index >= 15 is 0 Å². The molecule has 0 spiro atoms. The van der Waals surface area contributed by atoms with E-state index in [4.69, 9.17) is 22.1 Å². The van der Waals surface area contributed by atoms with Crippen LogP contribution >= 0.6 is 24.0 Å². The molecule has 126 valence electrons. The summed E-state index contributed by atoms with van der Waals surface area (Å²) < 4.78 is 6.27. The van der Waals surface area contributed by atoms with Crippen molar-refractivity contribution >= 4 is 46.3 Å². The van der Waals surface area contributed by atoms with Crippen molar-refractivity contribution < 1.29 is 19.4 Å². The second kappa shape index (κ2) is 7.50. The predicted molar refractivity (Wildman–Crippen MR) is 100 cm³/mol. The van der Waals surface area contributed by atoms with Gasteiger partial charge in [0.1, 0.15) is 16.7 Å². The molecule has 1 fully saturated rings. The van der Waals surface area contributed by atoms with Gasteiger partial charge in [0, 0.05) is 5.56 Å². The van der Waals surface area contributed by atoms with Gasteiger partial charge < -0.3 is 15.2 Å². The van der Waals surface area contributed by atoms with Gasteiger partial charge in [0.05, 0.1) is 10.5 Å². The van der Waals surface area contributed by atoms with Crippen LogP contribution < -0.4 is 10.1 Å². The van der Waals surface area contributed by atoms with Crippen molar-refractivity contribution in [1.82, 2.24) is 5.32 Å². The molecule has 0 aliphatic carbocycles. The summed E-state index contributed by atoms with van der Waals surface area (Å²) in [7, 11) is 0. The number of benzene rings is 2. The summed E-state index contributed by atoms with van der Waals surface area (Å²) in [6.07, 6.45) is 1.74. The molecular weight excluding hydrogens is 358 g/mol. The minimum Gasteiger partial charge on any atom is -0.488 e. The van der Waals surface area contributed by atoms with E-state index in [9.17, 15) is 9.59 Å². The molecule has 0 bridgehead atoms. The Morgan fingerprint density at radius 1 is 1.20 bits per heavy atom. The molecule has 1 saturated heterocycles. The number of hydrogen-bond donors (Lipinski definition) is 2. The first-order valence-corrected chi connectivity index (χ1v) is 8.54. The predicted octanol–water partition coefficient (Wildman–Crippen LogP) is 3.45. The smallest absolute Gasteiger partial charge is 0.335 e. The molecule has 0 atom stereocenters. The first kappa shape index (κ1) is 17.2. The van der Waals surface area contributed by atoms with Crippen molar-refractivity contribution in [2.45, 2.75) is 6.61 Å². The average Bonchev–Trinajstić information content (AvgIpc) is 2.91. The van der Waals surface area contributed by atoms with Gasteiger partial charge in [0.2, 0.25) is 0 Å². The zero-order valence-corrected chi connectivity index (χ0v) is 14.5. The van der Waals surface area contributed by atoms with Gasteiger partial charge in [-0.05, 0) is 29.8 Å². The monoisotopic (exact) mass is 371 g/mol. The Balaban J connectivity index is 1.75. The molecule has 1 heterocycles. The summed E-state index contributed by atoms with van der Waals surface area (Å²) >= 11 is 6.20. The quantitative estimate of drug-likeness (QED) is 0.619. The maximum atomic E-state index is 11.8. The largest absolute Gasteiger partial charge is 0.488 e. The summed E-state index contributed by atoms with van der Waals surface area (Å²) in [5.41, 5.74) is 1.85. The number of thiocarbonyl (C=S) groups is 1. The Bertz CT molecular complexity index is 875. The number of nitrogens with one attached hydrogen (secondary N) is 1. The standard InChI is InChI=1S/C18H13NO4S2/c20-16-15(25-18(24)19-16)9-13-3-1-2-4-14(13)23-10-11-5-7-12(8-6-11)17(21)22/h1-9H,10H2,(H,21,22)(H,19,20,24)/b15-9-. The fraction of sp³-hybridized carbons (Fsp3) is 0.0556. The van der Waals surface area contributed by atoms with Crippen LogP contribution in [0.3, 0.4) is 0 Å². The molecule has 3 rings (SSSR count). The van der Waals surface area contributed by atoms with Gasteiger partial charge in [-0.25, -0.2) is 4.79 Å². The molecule has 0 aromatic heterocycles. The van der Waals surface area contributed by atoms with Crippen molar-refractivity contribution in [3.8, 4) is 5.75 Å². The second-order valence-corrected chi connectivity index (χ2v) is 6.90. The lowest BCUT2D eigenvalue weighted by molar-refractivity contribution is -0.115. The SMILES string of the molecule is O=C1NC(=S)S/C1=C\c1ccccc1OCc1ccc(C(=O)O)cc1. The van der Waals surface area contributed by atoms with Crippen LogP contribution in [0.25, 0.3) is 6.08 Å². The van der Waals surface area contributed by atoms with Crippen LogP contribution in [0.2, 0.25) is 0 Å². The molecule has 1 aliphatic heterocycles. The van der Waals surface area contributed by atoms with E-state index in [2.05, 4.69) is 5.32 Å². The summed E-state index contributed by atoms with van der Waals surface area (Å²) in [4.78, 5) is 23.2. The first-order chi connectivity index (χ1) is 12.0. The van der Waals surface area contributed by atoms with Crippen molar-refractivity contribution in [3.05, 3.63) is 70.1 Å². The Hall–Kier alpha value is -2.64. The van der Waals surface area contributed by atoms with Gasteiger partial charge in [-0.2, -0.15) is 0 Å². The number of thioether (sulfide) groups is 1. The van der Waals surface area contributed by atoms with Gasteiger partial charge >= 0.3 is 5.97 Å². The summed E-state index contributed by atoms with van der Waals surface area (Å²) in [5, 5.41) is 11.5.